The molecule has 3 rings (SSSR count). The lowest BCUT2D eigenvalue weighted by Gasteiger charge is -2.15. The fourth-order valence-corrected chi connectivity index (χ4v) is 3.22. The van der Waals surface area contributed by atoms with E-state index in [-0.39, 0.29) is 0 Å². The van der Waals surface area contributed by atoms with Crippen molar-refractivity contribution < 1.29 is 14.3 Å². The summed E-state index contributed by atoms with van der Waals surface area (Å²) in [6, 6.07) is 24.0. The Morgan fingerprint density at radius 1 is 0.967 bits per heavy atom. The van der Waals surface area contributed by atoms with Gasteiger partial charge in [0.1, 0.15) is 12.4 Å². The Bertz CT molecular complexity index is 946. The Balaban J connectivity index is 1.72. The zero-order valence-electron chi connectivity index (χ0n) is 17.2. The Morgan fingerprint density at radius 3 is 2.43 bits per heavy atom. The van der Waals surface area contributed by atoms with E-state index in [2.05, 4.69) is 41.2 Å². The third kappa shape index (κ3) is 6.46. The second-order valence-corrected chi connectivity index (χ2v) is 7.41. The molecular formula is C24H26N2O3S. The molecule has 0 aliphatic carbocycles. The number of nitrogens with one attached hydrogen (secondary N) is 2. The van der Waals surface area contributed by atoms with Crippen LogP contribution in [0.1, 0.15) is 18.1 Å². The van der Waals surface area contributed by atoms with Gasteiger partial charge in [-0.25, -0.2) is 4.79 Å². The zero-order chi connectivity index (χ0) is 21.2. The highest BCUT2D eigenvalue weighted by atomic mass is 32.2. The van der Waals surface area contributed by atoms with Gasteiger partial charge in [0, 0.05) is 23.2 Å². The molecule has 1 amide bonds. The van der Waals surface area contributed by atoms with E-state index in [1.54, 1.807) is 18.7 Å². The maximum absolute atomic E-state index is 11.9. The summed E-state index contributed by atoms with van der Waals surface area (Å²) >= 11 is 1.73. The van der Waals surface area contributed by atoms with Crippen LogP contribution >= 0.6 is 11.8 Å². The molecule has 3 aromatic carbocycles. The molecule has 2 N–H and O–H groups in total. The average Bonchev–Trinajstić information content (AvgIpc) is 2.78. The molecule has 156 valence electrons. The van der Waals surface area contributed by atoms with E-state index in [1.807, 2.05) is 48.5 Å². The molecule has 0 aromatic heterocycles. The first kappa shape index (κ1) is 21.6. The maximum atomic E-state index is 11.9. The van der Waals surface area contributed by atoms with Gasteiger partial charge in [-0.3, -0.25) is 5.32 Å². The molecule has 0 saturated carbocycles. The molecule has 0 radical (unpaired) electrons. The summed E-state index contributed by atoms with van der Waals surface area (Å²) in [5, 5.41) is 6.16. The van der Waals surface area contributed by atoms with Crippen molar-refractivity contribution in [3.63, 3.8) is 0 Å². The molecule has 30 heavy (non-hydrogen) atoms. The number of benzene rings is 3. The van der Waals surface area contributed by atoms with Crippen LogP contribution in [0.2, 0.25) is 0 Å². The fraction of sp³-hybridized carbons (Fsp3) is 0.208. The number of hydrogen-bond donors (Lipinski definition) is 2. The van der Waals surface area contributed by atoms with Crippen LogP contribution in [-0.2, 0) is 17.9 Å². The number of ether oxygens (including phenoxy) is 2. The van der Waals surface area contributed by atoms with E-state index < -0.39 is 6.09 Å². The lowest BCUT2D eigenvalue weighted by Crippen LogP contribution is -2.14. The summed E-state index contributed by atoms with van der Waals surface area (Å²) in [5.41, 5.74) is 3.71. The fourth-order valence-electron chi connectivity index (χ4n) is 2.81. The molecule has 6 heteroatoms. The van der Waals surface area contributed by atoms with E-state index >= 15 is 0 Å². The van der Waals surface area contributed by atoms with Crippen molar-refractivity contribution in [2.75, 3.05) is 23.5 Å². The van der Waals surface area contributed by atoms with Gasteiger partial charge < -0.3 is 14.8 Å². The highest BCUT2D eigenvalue weighted by molar-refractivity contribution is 7.98. The van der Waals surface area contributed by atoms with Crippen LogP contribution in [0.3, 0.4) is 0 Å². The van der Waals surface area contributed by atoms with Gasteiger partial charge >= 0.3 is 6.09 Å². The minimum atomic E-state index is -0.503. The standard InChI is InChI=1S/C24H26N2O3S/c1-3-28-24(27)26-22-14-11-20(25-16-18-9-12-21(30-2)13-10-18)15-23(22)29-17-19-7-5-4-6-8-19/h4-15,25H,3,16-17H2,1-2H3,(H,26,27). The molecule has 0 spiro atoms. The summed E-state index contributed by atoms with van der Waals surface area (Å²) < 4.78 is 11.0. The molecular weight excluding hydrogens is 396 g/mol. The van der Waals surface area contributed by atoms with E-state index in [4.69, 9.17) is 9.47 Å². The van der Waals surface area contributed by atoms with Gasteiger partial charge in [-0.2, -0.15) is 0 Å². The molecule has 0 unspecified atom stereocenters. The molecule has 0 aliphatic rings. The third-order valence-corrected chi connectivity index (χ3v) is 5.13. The average molecular weight is 423 g/mol. The molecule has 0 heterocycles. The quantitative estimate of drug-likeness (QED) is 0.404. The van der Waals surface area contributed by atoms with Gasteiger partial charge in [0.15, 0.2) is 0 Å². The van der Waals surface area contributed by atoms with Crippen LogP contribution in [0.15, 0.2) is 77.7 Å². The van der Waals surface area contributed by atoms with Crippen LogP contribution in [0.4, 0.5) is 16.2 Å². The summed E-state index contributed by atoms with van der Waals surface area (Å²) in [5.74, 6) is 0.578. The maximum Gasteiger partial charge on any atom is 0.411 e. The molecule has 3 aromatic rings. The molecule has 0 atom stereocenters. The van der Waals surface area contributed by atoms with Crippen LogP contribution in [-0.4, -0.2) is 19.0 Å². The third-order valence-electron chi connectivity index (χ3n) is 4.39. The van der Waals surface area contributed by atoms with Crippen LogP contribution in [0, 0.1) is 0 Å². The number of carbonyl (C=O) groups excluding carboxylic acids is 1. The van der Waals surface area contributed by atoms with Crippen molar-refractivity contribution in [1.82, 2.24) is 0 Å². The normalized spacial score (nSPS) is 10.3. The van der Waals surface area contributed by atoms with Crippen LogP contribution in [0.25, 0.3) is 0 Å². The monoisotopic (exact) mass is 422 g/mol. The largest absolute Gasteiger partial charge is 0.487 e. The number of hydrogen-bond acceptors (Lipinski definition) is 5. The first-order valence-electron chi connectivity index (χ1n) is 9.79. The highest BCUT2D eigenvalue weighted by Gasteiger charge is 2.10. The van der Waals surface area contributed by atoms with Crippen LogP contribution < -0.4 is 15.4 Å². The molecule has 0 fully saturated rings. The Labute approximate surface area is 181 Å². The second kappa shape index (κ2) is 11.2. The zero-order valence-corrected chi connectivity index (χ0v) is 18.0. The first-order valence-corrected chi connectivity index (χ1v) is 11.0. The van der Waals surface area contributed by atoms with E-state index in [9.17, 15) is 4.79 Å². The smallest absolute Gasteiger partial charge is 0.411 e. The van der Waals surface area contributed by atoms with E-state index in [1.165, 1.54) is 10.5 Å². The van der Waals surface area contributed by atoms with Crippen molar-refractivity contribution in [1.29, 1.82) is 0 Å². The van der Waals surface area contributed by atoms with Crippen LogP contribution in [0.5, 0.6) is 5.75 Å². The highest BCUT2D eigenvalue weighted by Crippen LogP contribution is 2.30. The predicted molar refractivity (Wildman–Crippen MR) is 123 cm³/mol. The summed E-state index contributed by atoms with van der Waals surface area (Å²) in [7, 11) is 0. The number of carbonyl (C=O) groups is 1. The number of amides is 1. The number of rotatable bonds is 9. The van der Waals surface area contributed by atoms with Gasteiger partial charge in [-0.15, -0.1) is 11.8 Å². The van der Waals surface area contributed by atoms with Gasteiger partial charge in [-0.1, -0.05) is 42.5 Å². The van der Waals surface area contributed by atoms with Crippen molar-refractivity contribution in [2.24, 2.45) is 0 Å². The molecule has 0 saturated heterocycles. The Hall–Kier alpha value is -3.12. The predicted octanol–water partition coefficient (Wildman–Crippen LogP) is 6.17. The summed E-state index contributed by atoms with van der Waals surface area (Å²) in [6.07, 6.45) is 1.56. The summed E-state index contributed by atoms with van der Waals surface area (Å²) in [6.45, 7) is 3.17. The van der Waals surface area contributed by atoms with E-state index in [0.29, 0.717) is 31.2 Å². The van der Waals surface area contributed by atoms with Crippen molar-refractivity contribution >= 4 is 29.2 Å². The minimum Gasteiger partial charge on any atom is -0.487 e. The first-order chi connectivity index (χ1) is 14.7. The minimum absolute atomic E-state index is 0.307. The lowest BCUT2D eigenvalue weighted by atomic mass is 10.2. The number of thioether (sulfide) groups is 1. The van der Waals surface area contributed by atoms with Gasteiger partial charge in [0.2, 0.25) is 0 Å². The van der Waals surface area contributed by atoms with Gasteiger partial charge in [0.05, 0.1) is 12.3 Å². The lowest BCUT2D eigenvalue weighted by molar-refractivity contribution is 0.167. The van der Waals surface area contributed by atoms with Gasteiger partial charge in [0.25, 0.3) is 0 Å². The van der Waals surface area contributed by atoms with Gasteiger partial charge in [-0.05, 0) is 48.6 Å². The Morgan fingerprint density at radius 2 is 1.73 bits per heavy atom. The van der Waals surface area contributed by atoms with Crippen molar-refractivity contribution in [3.8, 4) is 5.75 Å². The molecule has 0 bridgehead atoms. The Kier molecular flexibility index (Phi) is 8.03. The molecule has 5 nitrogen and oxygen atoms in total. The summed E-state index contributed by atoms with van der Waals surface area (Å²) in [4.78, 5) is 13.1. The van der Waals surface area contributed by atoms with Crippen molar-refractivity contribution in [2.45, 2.75) is 25.0 Å². The topological polar surface area (TPSA) is 59.6 Å². The SMILES string of the molecule is CCOC(=O)Nc1ccc(NCc2ccc(SC)cc2)cc1OCc1ccccc1. The van der Waals surface area contributed by atoms with E-state index in [0.717, 1.165) is 11.3 Å². The number of anilines is 2. The second-order valence-electron chi connectivity index (χ2n) is 6.53. The molecule has 0 aliphatic heterocycles. The van der Waals surface area contributed by atoms with Crippen molar-refractivity contribution in [3.05, 3.63) is 83.9 Å².